The third-order valence-corrected chi connectivity index (χ3v) is 4.80. The van der Waals surface area contributed by atoms with Gasteiger partial charge in [0.1, 0.15) is 11.5 Å². The van der Waals surface area contributed by atoms with E-state index < -0.39 is 6.61 Å². The molecule has 0 bridgehead atoms. The molecule has 0 aliphatic rings. The second-order valence-electron chi connectivity index (χ2n) is 6.41. The fraction of sp³-hybridized carbons (Fsp3) is 0.136. The summed E-state index contributed by atoms with van der Waals surface area (Å²) in [5.74, 6) is 0.854. The molecule has 1 aromatic heterocycles. The van der Waals surface area contributed by atoms with Gasteiger partial charge in [-0.1, -0.05) is 23.7 Å². The molecular weight excluding hydrogens is 398 g/mol. The minimum absolute atomic E-state index is 0.128. The van der Waals surface area contributed by atoms with E-state index in [4.69, 9.17) is 21.3 Å². The highest BCUT2D eigenvalue weighted by molar-refractivity contribution is 6.31. The molecule has 29 heavy (non-hydrogen) atoms. The van der Waals surface area contributed by atoms with Gasteiger partial charge in [0.2, 0.25) is 0 Å². The van der Waals surface area contributed by atoms with Crippen molar-refractivity contribution in [3.8, 4) is 11.5 Å². The maximum Gasteiger partial charge on any atom is 0.387 e. The number of methoxy groups -OCH3 is 1. The summed E-state index contributed by atoms with van der Waals surface area (Å²) in [6.45, 7) is -2.35. The van der Waals surface area contributed by atoms with Gasteiger partial charge in [-0.3, -0.25) is 0 Å². The number of nitrogens with zero attached hydrogens (tertiary/aromatic N) is 1. The molecule has 7 heteroatoms. The summed E-state index contributed by atoms with van der Waals surface area (Å²) in [5, 5.41) is 5.90. The number of pyridine rings is 1. The van der Waals surface area contributed by atoms with E-state index in [1.54, 1.807) is 19.2 Å². The number of hydrogen-bond donors (Lipinski definition) is 1. The van der Waals surface area contributed by atoms with Gasteiger partial charge in [-0.2, -0.15) is 8.78 Å². The van der Waals surface area contributed by atoms with Crippen LogP contribution in [0, 0.1) is 0 Å². The summed E-state index contributed by atoms with van der Waals surface area (Å²) in [7, 11) is 1.62. The van der Waals surface area contributed by atoms with Crippen LogP contribution in [0.2, 0.25) is 5.02 Å². The van der Waals surface area contributed by atoms with Gasteiger partial charge in [-0.05, 0) is 54.1 Å². The Bertz CT molecular complexity index is 1170. The van der Waals surface area contributed by atoms with Crippen LogP contribution in [0.3, 0.4) is 0 Å². The van der Waals surface area contributed by atoms with E-state index in [2.05, 4.69) is 10.1 Å². The average molecular weight is 415 g/mol. The van der Waals surface area contributed by atoms with Crippen molar-refractivity contribution in [2.75, 3.05) is 12.4 Å². The van der Waals surface area contributed by atoms with Crippen molar-refractivity contribution in [3.05, 3.63) is 71.2 Å². The van der Waals surface area contributed by atoms with Crippen molar-refractivity contribution in [2.45, 2.75) is 13.2 Å². The molecule has 1 N–H and O–H groups in total. The van der Waals surface area contributed by atoms with Gasteiger partial charge < -0.3 is 14.8 Å². The molecule has 0 spiro atoms. The molecule has 0 radical (unpaired) electrons. The predicted molar refractivity (Wildman–Crippen MR) is 111 cm³/mol. The van der Waals surface area contributed by atoms with E-state index >= 15 is 0 Å². The van der Waals surface area contributed by atoms with Gasteiger partial charge >= 0.3 is 6.61 Å². The first-order chi connectivity index (χ1) is 14.0. The fourth-order valence-electron chi connectivity index (χ4n) is 3.19. The number of alkyl halides is 2. The molecule has 4 nitrogen and oxygen atoms in total. The molecule has 3 aromatic carbocycles. The number of aromatic nitrogens is 1. The molecule has 0 saturated carbocycles. The molecule has 0 saturated heterocycles. The zero-order chi connectivity index (χ0) is 20.4. The molecule has 0 unspecified atom stereocenters. The maximum atomic E-state index is 12.3. The summed E-state index contributed by atoms with van der Waals surface area (Å²) < 4.78 is 34.4. The number of ether oxygens (including phenoxy) is 2. The topological polar surface area (TPSA) is 43.4 Å². The number of rotatable bonds is 6. The predicted octanol–water partition coefficient (Wildman–Crippen LogP) is 6.26. The van der Waals surface area contributed by atoms with Crippen molar-refractivity contribution in [2.24, 2.45) is 0 Å². The summed E-state index contributed by atoms with van der Waals surface area (Å²) in [4.78, 5) is 4.70. The van der Waals surface area contributed by atoms with Crippen molar-refractivity contribution >= 4 is 39.1 Å². The Morgan fingerprint density at radius 1 is 0.931 bits per heavy atom. The van der Waals surface area contributed by atoms with E-state index in [1.807, 2.05) is 36.4 Å². The maximum absolute atomic E-state index is 12.3. The Hall–Kier alpha value is -3.12. The van der Waals surface area contributed by atoms with E-state index in [1.165, 1.54) is 12.1 Å². The van der Waals surface area contributed by atoms with Crippen LogP contribution in [0.5, 0.6) is 11.5 Å². The summed E-state index contributed by atoms with van der Waals surface area (Å²) in [6, 6.07) is 17.8. The van der Waals surface area contributed by atoms with Gasteiger partial charge in [0.25, 0.3) is 0 Å². The summed E-state index contributed by atoms with van der Waals surface area (Å²) >= 11 is 6.15. The third kappa shape index (κ3) is 4.17. The first kappa shape index (κ1) is 19.2. The molecule has 0 amide bonds. The van der Waals surface area contributed by atoms with E-state index in [0.29, 0.717) is 11.6 Å². The number of fused-ring (bicyclic) bond motifs is 2. The highest BCUT2D eigenvalue weighted by Crippen LogP contribution is 2.34. The smallest absolute Gasteiger partial charge is 0.387 e. The molecule has 1 heterocycles. The van der Waals surface area contributed by atoms with Crippen LogP contribution in [-0.2, 0) is 6.54 Å². The number of benzene rings is 3. The number of halogens is 3. The van der Waals surface area contributed by atoms with Crippen molar-refractivity contribution in [3.63, 3.8) is 0 Å². The zero-order valence-electron chi connectivity index (χ0n) is 15.5. The second kappa shape index (κ2) is 8.09. The van der Waals surface area contributed by atoms with Crippen LogP contribution in [0.15, 0.2) is 60.7 Å². The Balaban J connectivity index is 1.72. The van der Waals surface area contributed by atoms with Gasteiger partial charge in [0, 0.05) is 22.3 Å². The van der Waals surface area contributed by atoms with Gasteiger partial charge in [0.05, 0.1) is 23.8 Å². The second-order valence-corrected chi connectivity index (χ2v) is 6.84. The Morgan fingerprint density at radius 2 is 1.69 bits per heavy atom. The lowest BCUT2D eigenvalue weighted by molar-refractivity contribution is -0.0498. The van der Waals surface area contributed by atoms with Gasteiger partial charge in [-0.25, -0.2) is 4.98 Å². The number of anilines is 1. The van der Waals surface area contributed by atoms with E-state index in [9.17, 15) is 8.78 Å². The van der Waals surface area contributed by atoms with Crippen molar-refractivity contribution < 1.29 is 18.3 Å². The molecular formula is C22H17ClF2N2O2. The Morgan fingerprint density at radius 3 is 2.41 bits per heavy atom. The summed E-state index contributed by atoms with van der Waals surface area (Å²) in [6.07, 6.45) is 0. The minimum atomic E-state index is -2.84. The van der Waals surface area contributed by atoms with Crippen LogP contribution >= 0.6 is 11.6 Å². The molecule has 4 rings (SSSR count). The quantitative estimate of drug-likeness (QED) is 0.378. The monoisotopic (exact) mass is 414 g/mol. The standard InChI is InChI=1S/C22H17ClF2N2O2/c1-28-16-7-9-19-18(11-16)21(17-8-4-14(23)10-20(17)27-19)26-12-13-2-5-15(6-3-13)29-22(24)25/h2-11,22H,12H2,1H3,(H,26,27). The summed E-state index contributed by atoms with van der Waals surface area (Å²) in [5.41, 5.74) is 3.40. The molecule has 4 aromatic rings. The van der Waals surface area contributed by atoms with E-state index in [0.717, 1.165) is 38.8 Å². The highest BCUT2D eigenvalue weighted by Gasteiger charge is 2.11. The normalized spacial score (nSPS) is 11.2. The van der Waals surface area contributed by atoms with E-state index in [-0.39, 0.29) is 5.75 Å². The number of hydrogen-bond acceptors (Lipinski definition) is 4. The van der Waals surface area contributed by atoms with Crippen LogP contribution in [-0.4, -0.2) is 18.7 Å². The lowest BCUT2D eigenvalue weighted by Gasteiger charge is -2.15. The van der Waals surface area contributed by atoms with Gasteiger partial charge in [-0.15, -0.1) is 0 Å². The fourth-order valence-corrected chi connectivity index (χ4v) is 3.36. The number of nitrogens with one attached hydrogen (secondary N) is 1. The lowest BCUT2D eigenvalue weighted by Crippen LogP contribution is -2.04. The van der Waals surface area contributed by atoms with Crippen LogP contribution in [0.1, 0.15) is 5.56 Å². The van der Waals surface area contributed by atoms with Gasteiger partial charge in [0.15, 0.2) is 0 Å². The SMILES string of the molecule is COc1ccc2nc3cc(Cl)ccc3c(NCc3ccc(OC(F)F)cc3)c2c1. The Labute approximate surface area is 171 Å². The highest BCUT2D eigenvalue weighted by atomic mass is 35.5. The molecule has 0 atom stereocenters. The van der Waals surface area contributed by atoms with Crippen LogP contribution in [0.4, 0.5) is 14.5 Å². The first-order valence-electron chi connectivity index (χ1n) is 8.88. The van der Waals surface area contributed by atoms with Crippen molar-refractivity contribution in [1.29, 1.82) is 0 Å². The molecule has 0 aliphatic heterocycles. The van der Waals surface area contributed by atoms with Crippen LogP contribution in [0.25, 0.3) is 21.8 Å². The van der Waals surface area contributed by atoms with Crippen molar-refractivity contribution in [1.82, 2.24) is 4.98 Å². The van der Waals surface area contributed by atoms with Crippen LogP contribution < -0.4 is 14.8 Å². The first-order valence-corrected chi connectivity index (χ1v) is 9.26. The Kier molecular flexibility index (Phi) is 5.36. The minimum Gasteiger partial charge on any atom is -0.497 e. The third-order valence-electron chi connectivity index (χ3n) is 4.56. The lowest BCUT2D eigenvalue weighted by atomic mass is 10.1. The zero-order valence-corrected chi connectivity index (χ0v) is 16.2. The molecule has 0 aliphatic carbocycles. The largest absolute Gasteiger partial charge is 0.497 e. The molecule has 0 fully saturated rings. The average Bonchev–Trinajstić information content (AvgIpc) is 2.71. The molecule has 148 valence electrons.